The Morgan fingerprint density at radius 3 is 2.04 bits per heavy atom. The van der Waals surface area contributed by atoms with Crippen molar-refractivity contribution < 1.29 is 14.2 Å². The summed E-state index contributed by atoms with van der Waals surface area (Å²) in [6.45, 7) is 3.94. The Morgan fingerprint density at radius 2 is 1.39 bits per heavy atom. The molecule has 0 unspecified atom stereocenters. The monoisotopic (exact) mass is 373 g/mol. The second kappa shape index (κ2) is 9.42. The molecule has 0 aliphatic rings. The molecule has 4 nitrogen and oxygen atoms in total. The van der Waals surface area contributed by atoms with Gasteiger partial charge in [-0.2, -0.15) is 0 Å². The minimum Gasteiger partial charge on any atom is -0.497 e. The van der Waals surface area contributed by atoms with Gasteiger partial charge >= 0.3 is 0 Å². The van der Waals surface area contributed by atoms with Crippen LogP contribution in [0.3, 0.4) is 0 Å². The molecular weight excluding hydrogens is 350 g/mol. The minimum atomic E-state index is 0.476. The van der Waals surface area contributed by atoms with Crippen molar-refractivity contribution in [3.8, 4) is 17.2 Å². The summed E-state index contributed by atoms with van der Waals surface area (Å²) in [6, 6.07) is 24.9. The van der Waals surface area contributed by atoms with Gasteiger partial charge in [-0.05, 0) is 62.4 Å². The first-order valence-corrected chi connectivity index (χ1v) is 9.00. The van der Waals surface area contributed by atoms with Gasteiger partial charge in [0.1, 0.15) is 17.2 Å². The van der Waals surface area contributed by atoms with Crippen molar-refractivity contribution in [1.29, 1.82) is 0 Å². The fourth-order valence-corrected chi connectivity index (χ4v) is 2.39. The Bertz CT molecular complexity index is 943. The molecule has 0 atom stereocenters. The first-order chi connectivity index (χ1) is 13.6. The number of nitrogens with zero attached hydrogens (tertiary/aromatic N) is 1. The van der Waals surface area contributed by atoms with Crippen LogP contribution in [0, 0.1) is 6.92 Å². The zero-order valence-electron chi connectivity index (χ0n) is 16.3. The zero-order chi connectivity index (χ0) is 19.8. The standard InChI is InChI=1S/C24H23NO3/c1-18-9-11-23(12-10-18)28-24(25-20-7-5-4-6-8-20)19(2)17-27-22-15-13-21(26-3)14-16-22/h4-17H,1-3H3/b19-17+,25-24-. The third-order valence-electron chi connectivity index (χ3n) is 3.99. The molecule has 0 aliphatic carbocycles. The number of rotatable bonds is 6. The van der Waals surface area contributed by atoms with Crippen LogP contribution in [0.25, 0.3) is 0 Å². The molecule has 0 bridgehead atoms. The second-order valence-corrected chi connectivity index (χ2v) is 6.26. The summed E-state index contributed by atoms with van der Waals surface area (Å²) < 4.78 is 17.0. The van der Waals surface area contributed by atoms with Crippen LogP contribution in [0.15, 0.2) is 95.7 Å². The third-order valence-corrected chi connectivity index (χ3v) is 3.99. The number of hydrogen-bond acceptors (Lipinski definition) is 4. The van der Waals surface area contributed by atoms with Gasteiger partial charge in [0, 0.05) is 5.57 Å². The quantitative estimate of drug-likeness (QED) is 0.298. The van der Waals surface area contributed by atoms with Crippen LogP contribution in [0.2, 0.25) is 0 Å². The molecule has 0 radical (unpaired) electrons. The molecule has 0 spiro atoms. The van der Waals surface area contributed by atoms with Crippen LogP contribution in [0.5, 0.6) is 17.2 Å². The number of methoxy groups -OCH3 is 1. The molecule has 0 aromatic heterocycles. The molecule has 0 saturated carbocycles. The predicted octanol–water partition coefficient (Wildman–Crippen LogP) is 6.10. The maximum Gasteiger partial charge on any atom is 0.225 e. The molecule has 3 aromatic rings. The Kier molecular flexibility index (Phi) is 6.47. The summed E-state index contributed by atoms with van der Waals surface area (Å²) >= 11 is 0. The van der Waals surface area contributed by atoms with Gasteiger partial charge < -0.3 is 14.2 Å². The number of aryl methyl sites for hydroxylation is 1. The molecule has 3 rings (SSSR count). The molecule has 0 aliphatic heterocycles. The Labute approximate surface area is 165 Å². The van der Waals surface area contributed by atoms with Gasteiger partial charge in [-0.25, -0.2) is 4.99 Å². The molecule has 0 saturated heterocycles. The molecule has 142 valence electrons. The Hall–Kier alpha value is -3.53. The summed E-state index contributed by atoms with van der Waals surface area (Å²) in [6.07, 6.45) is 1.64. The summed E-state index contributed by atoms with van der Waals surface area (Å²) in [5.41, 5.74) is 2.74. The van der Waals surface area contributed by atoms with E-state index in [9.17, 15) is 0 Å². The summed E-state index contributed by atoms with van der Waals surface area (Å²) in [7, 11) is 1.63. The van der Waals surface area contributed by atoms with Gasteiger partial charge in [-0.3, -0.25) is 0 Å². The molecular formula is C24H23NO3. The summed E-state index contributed by atoms with van der Waals surface area (Å²) in [5.74, 6) is 2.68. The molecule has 3 aromatic carbocycles. The van der Waals surface area contributed by atoms with Crippen molar-refractivity contribution in [3.63, 3.8) is 0 Å². The lowest BCUT2D eigenvalue weighted by Gasteiger charge is -2.11. The van der Waals surface area contributed by atoms with E-state index in [4.69, 9.17) is 14.2 Å². The number of benzene rings is 3. The van der Waals surface area contributed by atoms with Crippen LogP contribution in [0.4, 0.5) is 5.69 Å². The SMILES string of the molecule is COc1ccc(O/C=C(C)/C(=N/c2ccccc2)Oc2ccc(C)cc2)cc1. The van der Waals surface area contributed by atoms with E-state index < -0.39 is 0 Å². The predicted molar refractivity (Wildman–Crippen MR) is 113 cm³/mol. The molecule has 0 fully saturated rings. The molecule has 28 heavy (non-hydrogen) atoms. The summed E-state index contributed by atoms with van der Waals surface area (Å²) in [4.78, 5) is 4.64. The maximum absolute atomic E-state index is 6.04. The lowest BCUT2D eigenvalue weighted by Crippen LogP contribution is -2.11. The van der Waals surface area contributed by atoms with Gasteiger partial charge in [-0.1, -0.05) is 35.9 Å². The lowest BCUT2D eigenvalue weighted by molar-refractivity contribution is 0.412. The van der Waals surface area contributed by atoms with E-state index in [0.29, 0.717) is 11.6 Å². The zero-order valence-corrected chi connectivity index (χ0v) is 16.3. The van der Waals surface area contributed by atoms with E-state index in [1.807, 2.05) is 92.7 Å². The highest BCUT2D eigenvalue weighted by Gasteiger charge is 2.08. The van der Waals surface area contributed by atoms with E-state index >= 15 is 0 Å². The summed E-state index contributed by atoms with van der Waals surface area (Å²) in [5, 5.41) is 0. The number of hydrogen-bond donors (Lipinski definition) is 0. The van der Waals surface area contributed by atoms with Crippen molar-refractivity contribution in [1.82, 2.24) is 0 Å². The molecule has 0 heterocycles. The van der Waals surface area contributed by atoms with Gasteiger partial charge in [-0.15, -0.1) is 0 Å². The van der Waals surface area contributed by atoms with Gasteiger partial charge in [0.15, 0.2) is 0 Å². The van der Waals surface area contributed by atoms with Crippen molar-refractivity contribution >= 4 is 11.6 Å². The van der Waals surface area contributed by atoms with E-state index in [1.54, 1.807) is 13.4 Å². The minimum absolute atomic E-state index is 0.476. The van der Waals surface area contributed by atoms with E-state index in [-0.39, 0.29) is 0 Å². The van der Waals surface area contributed by atoms with Crippen LogP contribution in [-0.2, 0) is 0 Å². The molecule has 4 heteroatoms. The third kappa shape index (κ3) is 5.48. The van der Waals surface area contributed by atoms with Gasteiger partial charge in [0.05, 0.1) is 19.1 Å². The second-order valence-electron chi connectivity index (χ2n) is 6.26. The molecule has 0 amide bonds. The van der Waals surface area contributed by atoms with Gasteiger partial charge in [0.2, 0.25) is 5.90 Å². The number of ether oxygens (including phenoxy) is 3. The van der Waals surface area contributed by atoms with Crippen molar-refractivity contribution in [2.24, 2.45) is 4.99 Å². The van der Waals surface area contributed by atoms with Crippen LogP contribution < -0.4 is 14.2 Å². The first-order valence-electron chi connectivity index (χ1n) is 9.00. The van der Waals surface area contributed by atoms with E-state index in [2.05, 4.69) is 4.99 Å². The van der Waals surface area contributed by atoms with Crippen LogP contribution in [-0.4, -0.2) is 13.0 Å². The normalized spacial score (nSPS) is 11.8. The van der Waals surface area contributed by atoms with Crippen LogP contribution >= 0.6 is 0 Å². The topological polar surface area (TPSA) is 40.0 Å². The Balaban J connectivity index is 1.83. The lowest BCUT2D eigenvalue weighted by atomic mass is 10.2. The maximum atomic E-state index is 6.04. The van der Waals surface area contributed by atoms with E-state index in [1.165, 1.54) is 5.56 Å². The largest absolute Gasteiger partial charge is 0.497 e. The van der Waals surface area contributed by atoms with Crippen LogP contribution in [0.1, 0.15) is 12.5 Å². The van der Waals surface area contributed by atoms with E-state index in [0.717, 1.165) is 22.8 Å². The van der Waals surface area contributed by atoms with Crippen molar-refractivity contribution in [2.45, 2.75) is 13.8 Å². The average molecular weight is 373 g/mol. The highest BCUT2D eigenvalue weighted by atomic mass is 16.5. The highest BCUT2D eigenvalue weighted by Crippen LogP contribution is 2.20. The Morgan fingerprint density at radius 1 is 0.786 bits per heavy atom. The first kappa shape index (κ1) is 19.2. The van der Waals surface area contributed by atoms with Crippen molar-refractivity contribution in [2.75, 3.05) is 7.11 Å². The number of aliphatic imine (C=N–C) groups is 1. The van der Waals surface area contributed by atoms with Gasteiger partial charge in [0.25, 0.3) is 0 Å². The smallest absolute Gasteiger partial charge is 0.225 e. The molecule has 0 N–H and O–H groups in total. The van der Waals surface area contributed by atoms with Crippen molar-refractivity contribution in [3.05, 3.63) is 96.3 Å². The number of para-hydroxylation sites is 1. The average Bonchev–Trinajstić information content (AvgIpc) is 2.74. The highest BCUT2D eigenvalue weighted by molar-refractivity contribution is 5.96. The fraction of sp³-hybridized carbons (Fsp3) is 0.125. The fourth-order valence-electron chi connectivity index (χ4n) is 2.39.